The molecule has 0 saturated carbocycles. The predicted octanol–water partition coefficient (Wildman–Crippen LogP) is 3.35. The second kappa shape index (κ2) is 7.96. The van der Waals surface area contributed by atoms with Crippen LogP contribution in [0.2, 0.25) is 0 Å². The van der Waals surface area contributed by atoms with E-state index in [1.165, 1.54) is 35.0 Å². The fourth-order valence-corrected chi connectivity index (χ4v) is 5.60. The first-order valence-corrected chi connectivity index (χ1v) is 11.2. The number of aromatic nitrogens is 1. The summed E-state index contributed by atoms with van der Waals surface area (Å²) in [5.74, 6) is -0.189. The van der Waals surface area contributed by atoms with Crippen molar-refractivity contribution in [3.63, 3.8) is 0 Å². The van der Waals surface area contributed by atoms with Gasteiger partial charge in [0.15, 0.2) is 0 Å². The van der Waals surface area contributed by atoms with E-state index >= 15 is 0 Å². The van der Waals surface area contributed by atoms with Crippen molar-refractivity contribution in [1.29, 1.82) is 0 Å². The number of alkyl halides is 3. The monoisotopic (exact) mass is 463 g/mol. The van der Waals surface area contributed by atoms with Crippen LogP contribution in [0.5, 0.6) is 0 Å². The number of carbonyl (C=O) groups excluding carboxylic acids is 2. The van der Waals surface area contributed by atoms with Gasteiger partial charge in [-0.3, -0.25) is 9.69 Å². The largest absolute Gasteiger partial charge is 0.416 e. The summed E-state index contributed by atoms with van der Waals surface area (Å²) in [5, 5.41) is 9.10. The summed E-state index contributed by atoms with van der Waals surface area (Å²) >= 11 is 1.26. The van der Waals surface area contributed by atoms with Crippen LogP contribution in [0.3, 0.4) is 0 Å². The van der Waals surface area contributed by atoms with Gasteiger partial charge in [-0.15, -0.1) is 0 Å². The van der Waals surface area contributed by atoms with Crippen molar-refractivity contribution in [1.82, 2.24) is 20.9 Å². The van der Waals surface area contributed by atoms with Gasteiger partial charge in [-0.25, -0.2) is 9.78 Å². The Balaban J connectivity index is 1.46. The van der Waals surface area contributed by atoms with Gasteiger partial charge < -0.3 is 16.0 Å². The molecule has 11 heteroatoms. The fourth-order valence-electron chi connectivity index (χ4n) is 4.36. The molecule has 3 aliphatic rings. The lowest BCUT2D eigenvalue weighted by Gasteiger charge is -2.34. The topological polar surface area (TPSA) is 86.4 Å². The number of nitrogens with zero attached hydrogens (tertiary/aromatic N) is 2. The molecule has 168 valence electrons. The molecule has 3 atom stereocenters. The number of piperidine rings is 1. The Morgan fingerprint density at radius 3 is 2.88 bits per heavy atom. The molecule has 1 aromatic carbocycles. The second-order valence-electron chi connectivity index (χ2n) is 7.95. The van der Waals surface area contributed by atoms with Crippen molar-refractivity contribution < 1.29 is 22.8 Å². The lowest BCUT2D eigenvalue weighted by atomic mass is 9.99. The number of pyridine rings is 1. The smallest absolute Gasteiger partial charge is 0.351 e. The third-order valence-electron chi connectivity index (χ3n) is 5.84. The molecular weight excluding hydrogens is 443 g/mol. The minimum absolute atomic E-state index is 0.0221. The highest BCUT2D eigenvalue weighted by Crippen LogP contribution is 2.50. The molecule has 2 aromatic rings. The number of urea groups is 1. The number of benzene rings is 1. The Bertz CT molecular complexity index is 1070. The molecule has 2 unspecified atom stereocenters. The van der Waals surface area contributed by atoms with Gasteiger partial charge >= 0.3 is 12.2 Å². The van der Waals surface area contributed by atoms with Crippen LogP contribution in [0.1, 0.15) is 30.0 Å². The average molecular weight is 463 g/mol. The molecule has 3 aliphatic heterocycles. The summed E-state index contributed by atoms with van der Waals surface area (Å²) in [5.41, 5.74) is 0.334. The number of halogens is 3. The molecule has 3 N–H and O–H groups in total. The van der Waals surface area contributed by atoms with Crippen LogP contribution >= 0.6 is 11.8 Å². The molecule has 5 rings (SSSR count). The lowest BCUT2D eigenvalue weighted by Crippen LogP contribution is -2.52. The van der Waals surface area contributed by atoms with E-state index in [1.807, 2.05) is 0 Å². The van der Waals surface area contributed by atoms with E-state index in [4.69, 9.17) is 0 Å². The second-order valence-corrected chi connectivity index (χ2v) is 9.08. The first-order valence-electron chi connectivity index (χ1n) is 10.3. The predicted molar refractivity (Wildman–Crippen MR) is 113 cm³/mol. The molecule has 1 aromatic heterocycles. The van der Waals surface area contributed by atoms with Gasteiger partial charge in [-0.05, 0) is 43.7 Å². The van der Waals surface area contributed by atoms with Gasteiger partial charge in [0.1, 0.15) is 10.3 Å². The summed E-state index contributed by atoms with van der Waals surface area (Å²) in [6, 6.07) is 5.04. The fraction of sp³-hybridized carbons (Fsp3) is 0.381. The Labute approximate surface area is 186 Å². The molecule has 0 aliphatic carbocycles. The molecule has 32 heavy (non-hydrogen) atoms. The summed E-state index contributed by atoms with van der Waals surface area (Å²) in [6.45, 7) is 1.62. The normalized spacial score (nSPS) is 24.7. The van der Waals surface area contributed by atoms with Crippen molar-refractivity contribution >= 4 is 35.1 Å². The van der Waals surface area contributed by atoms with E-state index in [-0.39, 0.29) is 17.6 Å². The lowest BCUT2D eigenvalue weighted by molar-refractivity contribution is -0.137. The maximum Gasteiger partial charge on any atom is 0.416 e. The van der Waals surface area contributed by atoms with Gasteiger partial charge in [-0.2, -0.15) is 13.2 Å². The molecular formula is C21H20F3N5O2S. The summed E-state index contributed by atoms with van der Waals surface area (Å²) < 4.78 is 39.6. The van der Waals surface area contributed by atoms with Crippen molar-refractivity contribution in [2.24, 2.45) is 0 Å². The standard InChI is InChI=1S/C21H20F3N5O2S/c22-21(23,24)11-3-1-5-13(9-11)29-14-6-8-26-19-15(14)16(28-20(29)31)17(32-19)18(30)27-12-4-2-7-25-10-12/h1,3,5-6,8-9,12,16-17,25H,2,4,7,10H2,(H,27,30)(H,28,31)/t12?,16?,17-/m1/s1. The Morgan fingerprint density at radius 1 is 1.28 bits per heavy atom. The van der Waals surface area contributed by atoms with E-state index in [1.54, 1.807) is 6.07 Å². The Kier molecular flexibility index (Phi) is 5.25. The molecule has 4 heterocycles. The van der Waals surface area contributed by atoms with E-state index in [0.29, 0.717) is 22.8 Å². The highest BCUT2D eigenvalue weighted by atomic mass is 32.2. The number of thioether (sulfide) groups is 1. The van der Waals surface area contributed by atoms with Gasteiger partial charge in [0.25, 0.3) is 0 Å². The van der Waals surface area contributed by atoms with Gasteiger partial charge in [0.2, 0.25) is 5.91 Å². The number of anilines is 2. The third-order valence-corrected chi connectivity index (χ3v) is 7.13. The van der Waals surface area contributed by atoms with E-state index in [2.05, 4.69) is 20.9 Å². The minimum atomic E-state index is -4.53. The van der Waals surface area contributed by atoms with Crippen LogP contribution < -0.4 is 20.9 Å². The molecule has 0 spiro atoms. The number of carbonyl (C=O) groups is 2. The zero-order valence-corrected chi connectivity index (χ0v) is 17.6. The maximum atomic E-state index is 13.2. The molecule has 3 amide bonds. The number of hydrogen-bond acceptors (Lipinski definition) is 5. The van der Waals surface area contributed by atoms with E-state index in [9.17, 15) is 22.8 Å². The van der Waals surface area contributed by atoms with E-state index < -0.39 is 29.1 Å². The van der Waals surface area contributed by atoms with Crippen LogP contribution in [-0.2, 0) is 11.0 Å². The summed E-state index contributed by atoms with van der Waals surface area (Å²) in [7, 11) is 0. The zero-order chi connectivity index (χ0) is 22.5. The Hall–Kier alpha value is -2.79. The highest BCUT2D eigenvalue weighted by Gasteiger charge is 2.47. The van der Waals surface area contributed by atoms with Crippen molar-refractivity contribution in [2.75, 3.05) is 18.0 Å². The third kappa shape index (κ3) is 3.69. The van der Waals surface area contributed by atoms with Crippen molar-refractivity contribution in [3.05, 3.63) is 47.7 Å². The maximum absolute atomic E-state index is 13.2. The molecule has 1 fully saturated rings. The van der Waals surface area contributed by atoms with Gasteiger partial charge in [0, 0.05) is 24.3 Å². The summed E-state index contributed by atoms with van der Waals surface area (Å²) in [4.78, 5) is 31.6. The molecule has 7 nitrogen and oxygen atoms in total. The van der Waals surface area contributed by atoms with Gasteiger partial charge in [-0.1, -0.05) is 17.8 Å². The van der Waals surface area contributed by atoms with Crippen LogP contribution in [0.25, 0.3) is 0 Å². The number of rotatable bonds is 3. The quantitative estimate of drug-likeness (QED) is 0.650. The Morgan fingerprint density at radius 2 is 2.12 bits per heavy atom. The summed E-state index contributed by atoms with van der Waals surface area (Å²) in [6.07, 6.45) is -1.17. The first-order chi connectivity index (χ1) is 15.3. The van der Waals surface area contributed by atoms with E-state index in [0.717, 1.165) is 31.5 Å². The molecule has 0 bridgehead atoms. The average Bonchev–Trinajstić information content (AvgIpc) is 3.14. The SMILES string of the molecule is O=C(NC1CCCNC1)[C@@H]1Sc2nccc3c2C1NC(=O)N3c1cccc(C(F)(F)F)c1. The highest BCUT2D eigenvalue weighted by molar-refractivity contribution is 8.01. The van der Waals surface area contributed by atoms with Crippen LogP contribution in [-0.4, -0.2) is 41.3 Å². The molecule has 0 radical (unpaired) electrons. The van der Waals surface area contributed by atoms with Crippen LogP contribution in [0, 0.1) is 0 Å². The van der Waals surface area contributed by atoms with Crippen molar-refractivity contribution in [3.8, 4) is 0 Å². The molecule has 1 saturated heterocycles. The first kappa shape index (κ1) is 21.1. The zero-order valence-electron chi connectivity index (χ0n) is 16.8. The number of hydrogen-bond donors (Lipinski definition) is 3. The number of amides is 3. The van der Waals surface area contributed by atoms with Crippen LogP contribution in [0.15, 0.2) is 41.6 Å². The van der Waals surface area contributed by atoms with Crippen molar-refractivity contribution in [2.45, 2.75) is 41.4 Å². The number of nitrogens with one attached hydrogen (secondary N) is 3. The minimum Gasteiger partial charge on any atom is -0.351 e. The van der Waals surface area contributed by atoms with Gasteiger partial charge in [0.05, 0.1) is 23.0 Å². The van der Waals surface area contributed by atoms with Crippen LogP contribution in [0.4, 0.5) is 29.3 Å².